The standard InChI is InChI=1S/C7H13BrN4O/c1-7(13,3-4-9)5-6(8)10-11-12(5)2/h13H,3-4,9H2,1-2H3. The van der Waals surface area contributed by atoms with Crippen LogP contribution >= 0.6 is 15.9 Å². The second-order valence-corrected chi connectivity index (χ2v) is 3.92. The molecule has 0 amide bonds. The molecule has 0 radical (unpaired) electrons. The van der Waals surface area contributed by atoms with Gasteiger partial charge in [-0.25, -0.2) is 4.68 Å². The topological polar surface area (TPSA) is 77.0 Å². The average molecular weight is 249 g/mol. The van der Waals surface area contributed by atoms with Crippen LogP contribution in [0.2, 0.25) is 0 Å². The lowest BCUT2D eigenvalue weighted by atomic mass is 9.99. The lowest BCUT2D eigenvalue weighted by Gasteiger charge is -2.22. The molecule has 5 nitrogen and oxygen atoms in total. The summed E-state index contributed by atoms with van der Waals surface area (Å²) in [6, 6.07) is 0. The summed E-state index contributed by atoms with van der Waals surface area (Å²) in [6.07, 6.45) is 0.479. The minimum atomic E-state index is -0.980. The van der Waals surface area contributed by atoms with Crippen LogP contribution in [-0.4, -0.2) is 26.6 Å². The monoisotopic (exact) mass is 248 g/mol. The van der Waals surface area contributed by atoms with Gasteiger partial charge in [0, 0.05) is 7.05 Å². The first-order valence-electron chi connectivity index (χ1n) is 3.97. The number of halogens is 1. The van der Waals surface area contributed by atoms with Crippen molar-refractivity contribution in [2.24, 2.45) is 12.8 Å². The highest BCUT2D eigenvalue weighted by molar-refractivity contribution is 9.10. The van der Waals surface area contributed by atoms with E-state index in [0.29, 0.717) is 23.3 Å². The maximum absolute atomic E-state index is 10.0. The molecule has 0 saturated carbocycles. The zero-order valence-corrected chi connectivity index (χ0v) is 9.24. The van der Waals surface area contributed by atoms with E-state index in [9.17, 15) is 5.11 Å². The molecule has 1 aromatic rings. The SMILES string of the molecule is Cn1nnc(Br)c1C(C)(O)CCN. The second kappa shape index (κ2) is 3.73. The molecular weight excluding hydrogens is 236 g/mol. The Bertz CT molecular complexity index is 277. The number of nitrogens with zero attached hydrogens (tertiary/aromatic N) is 3. The van der Waals surface area contributed by atoms with Crippen molar-refractivity contribution in [2.75, 3.05) is 6.54 Å². The van der Waals surface area contributed by atoms with Crippen LogP contribution in [0.15, 0.2) is 4.60 Å². The molecule has 3 N–H and O–H groups in total. The summed E-state index contributed by atoms with van der Waals surface area (Å²) in [5, 5.41) is 17.6. The molecule has 0 aliphatic carbocycles. The van der Waals surface area contributed by atoms with E-state index in [2.05, 4.69) is 26.2 Å². The zero-order chi connectivity index (χ0) is 10.1. The molecule has 0 spiro atoms. The van der Waals surface area contributed by atoms with Gasteiger partial charge in [0.25, 0.3) is 0 Å². The van der Waals surface area contributed by atoms with Crippen molar-refractivity contribution in [3.63, 3.8) is 0 Å². The molecule has 74 valence electrons. The molecule has 0 aliphatic rings. The van der Waals surface area contributed by atoms with E-state index in [1.807, 2.05) is 0 Å². The number of hydrogen-bond acceptors (Lipinski definition) is 4. The van der Waals surface area contributed by atoms with E-state index in [1.54, 1.807) is 18.7 Å². The van der Waals surface area contributed by atoms with E-state index in [4.69, 9.17) is 5.73 Å². The van der Waals surface area contributed by atoms with E-state index in [1.165, 1.54) is 0 Å². The lowest BCUT2D eigenvalue weighted by Crippen LogP contribution is -2.28. The Labute approximate surface area is 85.1 Å². The average Bonchev–Trinajstić information content (AvgIpc) is 2.31. The highest BCUT2D eigenvalue weighted by Crippen LogP contribution is 2.28. The molecule has 1 atom stereocenters. The number of rotatable bonds is 3. The Kier molecular flexibility index (Phi) is 3.05. The third-order valence-electron chi connectivity index (χ3n) is 1.93. The van der Waals surface area contributed by atoms with Gasteiger partial charge in [-0.3, -0.25) is 0 Å². The maximum Gasteiger partial charge on any atom is 0.154 e. The number of aliphatic hydroxyl groups is 1. The molecule has 1 rings (SSSR count). The molecule has 0 fully saturated rings. The molecule has 0 bridgehead atoms. The Morgan fingerprint density at radius 3 is 2.69 bits per heavy atom. The maximum atomic E-state index is 10.0. The minimum Gasteiger partial charge on any atom is -0.384 e. The van der Waals surface area contributed by atoms with Crippen molar-refractivity contribution in [1.29, 1.82) is 0 Å². The predicted octanol–water partition coefficient (Wildman–Crippen LogP) is 0.134. The van der Waals surface area contributed by atoms with Gasteiger partial charge in [0.05, 0.1) is 0 Å². The second-order valence-electron chi connectivity index (χ2n) is 3.16. The first-order chi connectivity index (χ1) is 5.99. The van der Waals surface area contributed by atoms with Gasteiger partial charge in [0.2, 0.25) is 0 Å². The Morgan fingerprint density at radius 2 is 2.31 bits per heavy atom. The largest absolute Gasteiger partial charge is 0.384 e. The highest BCUT2D eigenvalue weighted by Gasteiger charge is 2.29. The predicted molar refractivity (Wildman–Crippen MR) is 51.9 cm³/mol. The van der Waals surface area contributed by atoms with Crippen molar-refractivity contribution < 1.29 is 5.11 Å². The van der Waals surface area contributed by atoms with Crippen LogP contribution in [0, 0.1) is 0 Å². The molecule has 6 heteroatoms. The van der Waals surface area contributed by atoms with E-state index < -0.39 is 5.60 Å². The van der Waals surface area contributed by atoms with Crippen molar-refractivity contribution in [2.45, 2.75) is 18.9 Å². The van der Waals surface area contributed by atoms with Gasteiger partial charge in [-0.05, 0) is 35.8 Å². The van der Waals surface area contributed by atoms with Crippen LogP contribution in [0.5, 0.6) is 0 Å². The number of aryl methyl sites for hydroxylation is 1. The summed E-state index contributed by atoms with van der Waals surface area (Å²) in [7, 11) is 1.73. The van der Waals surface area contributed by atoms with Crippen LogP contribution in [-0.2, 0) is 12.6 Å². The smallest absolute Gasteiger partial charge is 0.154 e. The summed E-state index contributed by atoms with van der Waals surface area (Å²) >= 11 is 3.23. The normalized spacial score (nSPS) is 15.8. The fourth-order valence-electron chi connectivity index (χ4n) is 1.30. The highest BCUT2D eigenvalue weighted by atomic mass is 79.9. The van der Waals surface area contributed by atoms with Gasteiger partial charge in [0.1, 0.15) is 11.3 Å². The van der Waals surface area contributed by atoms with Crippen molar-refractivity contribution in [1.82, 2.24) is 15.0 Å². The van der Waals surface area contributed by atoms with Crippen LogP contribution < -0.4 is 5.73 Å². The lowest BCUT2D eigenvalue weighted by molar-refractivity contribution is 0.0412. The number of hydrogen-bond donors (Lipinski definition) is 2. The first-order valence-corrected chi connectivity index (χ1v) is 4.76. The molecular formula is C7H13BrN4O. The van der Waals surface area contributed by atoms with Gasteiger partial charge in [-0.15, -0.1) is 5.10 Å². The molecule has 1 unspecified atom stereocenters. The van der Waals surface area contributed by atoms with Crippen LogP contribution in [0.4, 0.5) is 0 Å². The first kappa shape index (κ1) is 10.6. The summed E-state index contributed by atoms with van der Waals surface area (Å²) in [4.78, 5) is 0. The van der Waals surface area contributed by atoms with Crippen LogP contribution in [0.1, 0.15) is 19.0 Å². The molecule has 0 saturated heterocycles. The minimum absolute atomic E-state index is 0.421. The summed E-state index contributed by atoms with van der Waals surface area (Å²) < 4.78 is 2.10. The molecule has 0 aromatic carbocycles. The van der Waals surface area contributed by atoms with Crippen LogP contribution in [0.25, 0.3) is 0 Å². The number of aromatic nitrogens is 3. The third-order valence-corrected chi connectivity index (χ3v) is 2.46. The number of nitrogens with two attached hydrogens (primary N) is 1. The Balaban J connectivity index is 3.05. The zero-order valence-electron chi connectivity index (χ0n) is 7.66. The van der Waals surface area contributed by atoms with Gasteiger partial charge in [-0.2, -0.15) is 0 Å². The summed E-state index contributed by atoms with van der Waals surface area (Å²) in [5.41, 5.74) is 5.07. The van der Waals surface area contributed by atoms with Gasteiger partial charge in [0.15, 0.2) is 4.60 Å². The summed E-state index contributed by atoms with van der Waals surface area (Å²) in [6.45, 7) is 2.12. The quantitative estimate of drug-likeness (QED) is 0.798. The fourth-order valence-corrected chi connectivity index (χ4v) is 2.06. The Morgan fingerprint density at radius 1 is 1.69 bits per heavy atom. The van der Waals surface area contributed by atoms with Crippen LogP contribution in [0.3, 0.4) is 0 Å². The third kappa shape index (κ3) is 2.07. The van der Waals surface area contributed by atoms with Crippen molar-refractivity contribution in [3.05, 3.63) is 10.3 Å². The molecule has 1 aromatic heterocycles. The van der Waals surface area contributed by atoms with Gasteiger partial charge < -0.3 is 10.8 Å². The molecule has 13 heavy (non-hydrogen) atoms. The fraction of sp³-hybridized carbons (Fsp3) is 0.714. The molecule has 0 aliphatic heterocycles. The van der Waals surface area contributed by atoms with Crippen molar-refractivity contribution in [3.8, 4) is 0 Å². The Hall–Kier alpha value is -0.460. The van der Waals surface area contributed by atoms with E-state index >= 15 is 0 Å². The van der Waals surface area contributed by atoms with E-state index in [-0.39, 0.29) is 0 Å². The van der Waals surface area contributed by atoms with Gasteiger partial charge in [-0.1, -0.05) is 5.21 Å². The van der Waals surface area contributed by atoms with Gasteiger partial charge >= 0.3 is 0 Å². The van der Waals surface area contributed by atoms with E-state index in [0.717, 1.165) is 0 Å². The molecule has 1 heterocycles. The summed E-state index contributed by atoms with van der Waals surface area (Å²) in [5.74, 6) is 0. The van der Waals surface area contributed by atoms with Crippen molar-refractivity contribution >= 4 is 15.9 Å².